The lowest BCUT2D eigenvalue weighted by molar-refractivity contribution is -0.126. The van der Waals surface area contributed by atoms with Crippen molar-refractivity contribution in [2.45, 2.75) is 19.8 Å². The van der Waals surface area contributed by atoms with Crippen LogP contribution in [0.2, 0.25) is 0 Å². The summed E-state index contributed by atoms with van der Waals surface area (Å²) in [6, 6.07) is 3.24. The SMILES string of the molecule is CC1(C(=O)Cc2cc(F)cc(F)c2)CCNC1. The fraction of sp³-hybridized carbons (Fsp3) is 0.462. The van der Waals surface area contributed by atoms with Gasteiger partial charge in [-0.25, -0.2) is 8.78 Å². The van der Waals surface area contributed by atoms with Crippen LogP contribution in [-0.2, 0) is 11.2 Å². The molecule has 1 unspecified atom stereocenters. The number of rotatable bonds is 3. The van der Waals surface area contributed by atoms with Crippen LogP contribution in [0.1, 0.15) is 18.9 Å². The molecule has 2 nitrogen and oxygen atoms in total. The van der Waals surface area contributed by atoms with Crippen molar-refractivity contribution in [1.82, 2.24) is 5.32 Å². The highest BCUT2D eigenvalue weighted by molar-refractivity contribution is 5.87. The van der Waals surface area contributed by atoms with Gasteiger partial charge in [-0.2, -0.15) is 0 Å². The molecule has 1 N–H and O–H groups in total. The summed E-state index contributed by atoms with van der Waals surface area (Å²) in [7, 11) is 0. The van der Waals surface area contributed by atoms with Crippen molar-refractivity contribution in [3.63, 3.8) is 0 Å². The Labute approximate surface area is 99.0 Å². The van der Waals surface area contributed by atoms with Crippen LogP contribution in [0, 0.1) is 17.0 Å². The molecule has 0 radical (unpaired) electrons. The standard InChI is InChI=1S/C13H15F2NO/c1-13(2-3-16-8-13)12(17)6-9-4-10(14)7-11(15)5-9/h4-5,7,16H,2-3,6,8H2,1H3. The van der Waals surface area contributed by atoms with Crippen molar-refractivity contribution in [2.75, 3.05) is 13.1 Å². The lowest BCUT2D eigenvalue weighted by Crippen LogP contribution is -2.31. The van der Waals surface area contributed by atoms with Gasteiger partial charge in [-0.1, -0.05) is 6.92 Å². The van der Waals surface area contributed by atoms with E-state index in [4.69, 9.17) is 0 Å². The predicted molar refractivity (Wildman–Crippen MR) is 60.7 cm³/mol. The van der Waals surface area contributed by atoms with Crippen molar-refractivity contribution in [3.05, 3.63) is 35.4 Å². The Morgan fingerprint density at radius 1 is 1.35 bits per heavy atom. The molecule has 0 spiro atoms. The molecule has 4 heteroatoms. The van der Waals surface area contributed by atoms with E-state index in [1.807, 2.05) is 6.92 Å². The Balaban J connectivity index is 2.12. The summed E-state index contributed by atoms with van der Waals surface area (Å²) >= 11 is 0. The molecule has 1 saturated heterocycles. The van der Waals surface area contributed by atoms with E-state index in [0.29, 0.717) is 12.1 Å². The summed E-state index contributed by atoms with van der Waals surface area (Å²) < 4.78 is 26.0. The van der Waals surface area contributed by atoms with E-state index in [0.717, 1.165) is 19.0 Å². The first-order valence-corrected chi connectivity index (χ1v) is 5.69. The molecule has 2 rings (SSSR count). The van der Waals surface area contributed by atoms with E-state index < -0.39 is 17.0 Å². The van der Waals surface area contributed by atoms with E-state index in [9.17, 15) is 13.6 Å². The van der Waals surface area contributed by atoms with Gasteiger partial charge in [-0.05, 0) is 30.7 Å². The number of carbonyl (C=O) groups excluding carboxylic acids is 1. The topological polar surface area (TPSA) is 29.1 Å². The number of ketones is 1. The summed E-state index contributed by atoms with van der Waals surface area (Å²) in [4.78, 5) is 12.1. The second-order valence-corrected chi connectivity index (χ2v) is 4.87. The maximum Gasteiger partial charge on any atom is 0.144 e. The molecular formula is C13H15F2NO. The van der Waals surface area contributed by atoms with Gasteiger partial charge in [-0.3, -0.25) is 4.79 Å². The first kappa shape index (κ1) is 12.2. The van der Waals surface area contributed by atoms with Crippen molar-refractivity contribution in [2.24, 2.45) is 5.41 Å². The monoisotopic (exact) mass is 239 g/mol. The van der Waals surface area contributed by atoms with E-state index >= 15 is 0 Å². The van der Waals surface area contributed by atoms with Crippen LogP contribution < -0.4 is 5.32 Å². The molecule has 1 aromatic carbocycles. The average molecular weight is 239 g/mol. The molecule has 92 valence electrons. The molecule has 0 aromatic heterocycles. The summed E-state index contributed by atoms with van der Waals surface area (Å²) in [5.41, 5.74) is 0.00335. The van der Waals surface area contributed by atoms with Gasteiger partial charge in [0.15, 0.2) is 0 Å². The van der Waals surface area contributed by atoms with E-state index in [-0.39, 0.29) is 12.2 Å². The summed E-state index contributed by atoms with van der Waals surface area (Å²) in [6.07, 6.45) is 0.872. The minimum atomic E-state index is -0.637. The zero-order valence-electron chi connectivity index (χ0n) is 9.72. The third kappa shape index (κ3) is 2.69. The first-order valence-electron chi connectivity index (χ1n) is 5.69. The highest BCUT2D eigenvalue weighted by Gasteiger charge is 2.35. The summed E-state index contributed by atoms with van der Waals surface area (Å²) in [6.45, 7) is 3.36. The third-order valence-electron chi connectivity index (χ3n) is 3.33. The van der Waals surface area contributed by atoms with Gasteiger partial charge in [-0.15, -0.1) is 0 Å². The molecule has 0 amide bonds. The largest absolute Gasteiger partial charge is 0.316 e. The Morgan fingerprint density at radius 2 is 2.00 bits per heavy atom. The highest BCUT2D eigenvalue weighted by Crippen LogP contribution is 2.27. The van der Waals surface area contributed by atoms with Crippen LogP contribution in [0.15, 0.2) is 18.2 Å². The van der Waals surface area contributed by atoms with Crippen molar-refractivity contribution in [1.29, 1.82) is 0 Å². The minimum absolute atomic E-state index is 0.0347. The second kappa shape index (κ2) is 4.53. The zero-order chi connectivity index (χ0) is 12.5. The quantitative estimate of drug-likeness (QED) is 0.875. The maximum atomic E-state index is 13.0. The van der Waals surface area contributed by atoms with E-state index in [2.05, 4.69) is 5.32 Å². The Hall–Kier alpha value is -1.29. The molecule has 0 saturated carbocycles. The second-order valence-electron chi connectivity index (χ2n) is 4.87. The number of halogens is 2. The fourth-order valence-electron chi connectivity index (χ4n) is 2.17. The first-order chi connectivity index (χ1) is 7.99. The molecule has 1 aliphatic rings. The maximum absolute atomic E-state index is 13.0. The number of nitrogens with one attached hydrogen (secondary N) is 1. The lowest BCUT2D eigenvalue weighted by atomic mass is 9.82. The van der Waals surface area contributed by atoms with E-state index in [1.165, 1.54) is 12.1 Å². The molecule has 1 heterocycles. The Kier molecular flexibility index (Phi) is 3.24. The number of carbonyl (C=O) groups is 1. The summed E-state index contributed by atoms with van der Waals surface area (Å²) in [5, 5.41) is 3.13. The fourth-order valence-corrected chi connectivity index (χ4v) is 2.17. The highest BCUT2D eigenvalue weighted by atomic mass is 19.1. The number of hydrogen-bond acceptors (Lipinski definition) is 2. The molecule has 1 fully saturated rings. The number of benzene rings is 1. The normalized spacial score (nSPS) is 23.9. The number of Topliss-reactive ketones (excluding diaryl/α,β-unsaturated/α-hetero) is 1. The molecule has 17 heavy (non-hydrogen) atoms. The molecular weight excluding hydrogens is 224 g/mol. The van der Waals surface area contributed by atoms with Crippen LogP contribution in [0.3, 0.4) is 0 Å². The van der Waals surface area contributed by atoms with Crippen molar-refractivity contribution in [3.8, 4) is 0 Å². The van der Waals surface area contributed by atoms with Crippen molar-refractivity contribution < 1.29 is 13.6 Å². The van der Waals surface area contributed by atoms with E-state index in [1.54, 1.807) is 0 Å². The van der Waals surface area contributed by atoms with Gasteiger partial charge in [0.25, 0.3) is 0 Å². The van der Waals surface area contributed by atoms with Crippen LogP contribution in [0.4, 0.5) is 8.78 Å². The predicted octanol–water partition coefficient (Wildman–Crippen LogP) is 2.08. The van der Waals surface area contributed by atoms with Gasteiger partial charge in [0.1, 0.15) is 17.4 Å². The molecule has 1 atom stereocenters. The summed E-state index contributed by atoms with van der Waals surface area (Å²) in [5.74, 6) is -1.24. The third-order valence-corrected chi connectivity index (χ3v) is 3.33. The number of hydrogen-bond donors (Lipinski definition) is 1. The van der Waals surface area contributed by atoms with Gasteiger partial charge < -0.3 is 5.32 Å². The lowest BCUT2D eigenvalue weighted by Gasteiger charge is -2.20. The van der Waals surface area contributed by atoms with Gasteiger partial charge >= 0.3 is 0 Å². The molecule has 0 aliphatic carbocycles. The zero-order valence-corrected chi connectivity index (χ0v) is 9.72. The van der Waals surface area contributed by atoms with Crippen LogP contribution in [0.5, 0.6) is 0 Å². The van der Waals surface area contributed by atoms with Crippen molar-refractivity contribution >= 4 is 5.78 Å². The van der Waals surface area contributed by atoms with Crippen LogP contribution in [-0.4, -0.2) is 18.9 Å². The van der Waals surface area contributed by atoms with Crippen LogP contribution in [0.25, 0.3) is 0 Å². The molecule has 1 aliphatic heterocycles. The van der Waals surface area contributed by atoms with Gasteiger partial charge in [0.05, 0.1) is 0 Å². The van der Waals surface area contributed by atoms with Gasteiger partial charge in [0.2, 0.25) is 0 Å². The average Bonchev–Trinajstić information content (AvgIpc) is 2.64. The minimum Gasteiger partial charge on any atom is -0.316 e. The van der Waals surface area contributed by atoms with Gasteiger partial charge in [0, 0.05) is 24.4 Å². The van der Waals surface area contributed by atoms with Crippen LogP contribution >= 0.6 is 0 Å². The smallest absolute Gasteiger partial charge is 0.144 e. The Morgan fingerprint density at radius 3 is 2.53 bits per heavy atom. The Bertz CT molecular complexity index is 419. The molecule has 0 bridgehead atoms. The molecule has 1 aromatic rings.